The highest BCUT2D eigenvalue weighted by Crippen LogP contribution is 2.17. The Morgan fingerprint density at radius 1 is 1.12 bits per heavy atom. The molecule has 4 nitrogen and oxygen atoms in total. The standard InChI is InChI=1S/C19H16BrN3O/c20-18-5-2-1-4-16(18)8-11-19(24)22-17-9-6-15(7-10-17)14-23-13-3-12-21-23/h1-13H,14H2,(H,22,24)/b11-8+. The fourth-order valence-corrected chi connectivity index (χ4v) is 2.65. The smallest absolute Gasteiger partial charge is 0.248 e. The zero-order chi connectivity index (χ0) is 16.8. The van der Waals surface area contributed by atoms with Crippen LogP contribution in [-0.4, -0.2) is 15.7 Å². The summed E-state index contributed by atoms with van der Waals surface area (Å²) in [6.45, 7) is 0.711. The first-order valence-electron chi connectivity index (χ1n) is 7.51. The molecule has 2 aromatic carbocycles. The quantitative estimate of drug-likeness (QED) is 0.667. The fraction of sp³-hybridized carbons (Fsp3) is 0.0526. The van der Waals surface area contributed by atoms with E-state index in [2.05, 4.69) is 26.3 Å². The van der Waals surface area contributed by atoms with Crippen LogP contribution in [0.3, 0.4) is 0 Å². The SMILES string of the molecule is O=C(/C=C/c1ccccc1Br)Nc1ccc(Cn2cccn2)cc1. The zero-order valence-electron chi connectivity index (χ0n) is 12.9. The van der Waals surface area contributed by atoms with E-state index in [9.17, 15) is 4.79 Å². The molecule has 0 atom stereocenters. The Balaban J connectivity index is 1.59. The molecule has 0 unspecified atom stereocenters. The number of hydrogen-bond donors (Lipinski definition) is 1. The number of rotatable bonds is 5. The molecule has 1 N–H and O–H groups in total. The Morgan fingerprint density at radius 2 is 1.92 bits per heavy atom. The van der Waals surface area contributed by atoms with Gasteiger partial charge in [0.2, 0.25) is 5.91 Å². The molecular weight excluding hydrogens is 366 g/mol. The second-order valence-electron chi connectivity index (χ2n) is 5.24. The Morgan fingerprint density at radius 3 is 2.62 bits per heavy atom. The van der Waals surface area contributed by atoms with Gasteiger partial charge in [0, 0.05) is 28.6 Å². The lowest BCUT2D eigenvalue weighted by Crippen LogP contribution is -2.08. The molecule has 120 valence electrons. The highest BCUT2D eigenvalue weighted by molar-refractivity contribution is 9.10. The van der Waals surface area contributed by atoms with Crippen molar-refractivity contribution in [2.24, 2.45) is 0 Å². The molecule has 0 saturated carbocycles. The zero-order valence-corrected chi connectivity index (χ0v) is 14.5. The molecular formula is C19H16BrN3O. The van der Waals surface area contributed by atoms with Crippen LogP contribution < -0.4 is 5.32 Å². The van der Waals surface area contributed by atoms with Gasteiger partial charge in [0.1, 0.15) is 0 Å². The number of aromatic nitrogens is 2. The van der Waals surface area contributed by atoms with Crippen molar-refractivity contribution in [1.82, 2.24) is 9.78 Å². The number of nitrogens with zero attached hydrogens (tertiary/aromatic N) is 2. The summed E-state index contributed by atoms with van der Waals surface area (Å²) in [4.78, 5) is 12.0. The summed E-state index contributed by atoms with van der Waals surface area (Å²) in [6.07, 6.45) is 6.98. The van der Waals surface area contributed by atoms with E-state index < -0.39 is 0 Å². The van der Waals surface area contributed by atoms with Crippen molar-refractivity contribution in [2.75, 3.05) is 5.32 Å². The van der Waals surface area contributed by atoms with Crippen molar-refractivity contribution in [2.45, 2.75) is 6.54 Å². The van der Waals surface area contributed by atoms with Crippen LogP contribution in [0, 0.1) is 0 Å². The minimum absolute atomic E-state index is 0.162. The van der Waals surface area contributed by atoms with Gasteiger partial charge in [-0.15, -0.1) is 0 Å². The first-order chi connectivity index (χ1) is 11.7. The van der Waals surface area contributed by atoms with Crippen LogP contribution in [0.4, 0.5) is 5.69 Å². The molecule has 24 heavy (non-hydrogen) atoms. The van der Waals surface area contributed by atoms with E-state index >= 15 is 0 Å². The third-order valence-corrected chi connectivity index (χ3v) is 4.17. The Hall–Kier alpha value is -2.66. The van der Waals surface area contributed by atoms with Crippen LogP contribution in [0.15, 0.2) is 77.5 Å². The minimum atomic E-state index is -0.162. The van der Waals surface area contributed by atoms with Gasteiger partial charge in [0.15, 0.2) is 0 Å². The van der Waals surface area contributed by atoms with Gasteiger partial charge in [-0.05, 0) is 41.5 Å². The van der Waals surface area contributed by atoms with E-state index in [1.165, 1.54) is 6.08 Å². The summed E-state index contributed by atoms with van der Waals surface area (Å²) in [5, 5.41) is 7.03. The van der Waals surface area contributed by atoms with Crippen LogP contribution in [0.25, 0.3) is 6.08 Å². The molecule has 1 aromatic heterocycles. The molecule has 3 aromatic rings. The van der Waals surface area contributed by atoms with Crippen molar-refractivity contribution in [3.8, 4) is 0 Å². The first-order valence-corrected chi connectivity index (χ1v) is 8.30. The second-order valence-corrected chi connectivity index (χ2v) is 6.10. The number of halogens is 1. The van der Waals surface area contributed by atoms with Gasteiger partial charge in [0.05, 0.1) is 6.54 Å². The molecule has 0 aliphatic rings. The number of nitrogens with one attached hydrogen (secondary N) is 1. The molecule has 0 spiro atoms. The summed E-state index contributed by atoms with van der Waals surface area (Å²) in [6, 6.07) is 17.4. The van der Waals surface area contributed by atoms with Crippen molar-refractivity contribution in [1.29, 1.82) is 0 Å². The van der Waals surface area contributed by atoms with E-state index in [-0.39, 0.29) is 5.91 Å². The summed E-state index contributed by atoms with van der Waals surface area (Å²) in [7, 11) is 0. The van der Waals surface area contributed by atoms with Gasteiger partial charge in [-0.3, -0.25) is 9.48 Å². The van der Waals surface area contributed by atoms with E-state index in [4.69, 9.17) is 0 Å². The second kappa shape index (κ2) is 7.75. The molecule has 0 fully saturated rings. The molecule has 1 amide bonds. The Kier molecular flexibility index (Phi) is 5.23. The van der Waals surface area contributed by atoms with E-state index in [1.807, 2.05) is 65.5 Å². The summed E-state index contributed by atoms with van der Waals surface area (Å²) in [5.74, 6) is -0.162. The number of carbonyl (C=O) groups is 1. The van der Waals surface area contributed by atoms with Crippen LogP contribution in [0.1, 0.15) is 11.1 Å². The number of hydrogen-bond acceptors (Lipinski definition) is 2. The maximum atomic E-state index is 12.0. The topological polar surface area (TPSA) is 46.9 Å². The normalized spacial score (nSPS) is 10.9. The predicted molar refractivity (Wildman–Crippen MR) is 99.6 cm³/mol. The largest absolute Gasteiger partial charge is 0.323 e. The van der Waals surface area contributed by atoms with Crippen molar-refractivity contribution < 1.29 is 4.79 Å². The fourth-order valence-electron chi connectivity index (χ4n) is 2.23. The minimum Gasteiger partial charge on any atom is -0.323 e. The van der Waals surface area contributed by atoms with Crippen LogP contribution in [0.2, 0.25) is 0 Å². The average Bonchev–Trinajstić information content (AvgIpc) is 3.09. The molecule has 0 aliphatic carbocycles. The number of amides is 1. The maximum Gasteiger partial charge on any atom is 0.248 e. The highest BCUT2D eigenvalue weighted by Gasteiger charge is 2.00. The third kappa shape index (κ3) is 4.43. The molecule has 0 aliphatic heterocycles. The summed E-state index contributed by atoms with van der Waals surface area (Å²) in [5.41, 5.74) is 2.85. The van der Waals surface area contributed by atoms with Crippen molar-refractivity contribution >= 4 is 33.6 Å². The van der Waals surface area contributed by atoms with Crippen LogP contribution in [-0.2, 0) is 11.3 Å². The summed E-state index contributed by atoms with van der Waals surface area (Å²) < 4.78 is 2.81. The van der Waals surface area contributed by atoms with Crippen LogP contribution in [0.5, 0.6) is 0 Å². The molecule has 0 bridgehead atoms. The molecule has 0 radical (unpaired) electrons. The van der Waals surface area contributed by atoms with Gasteiger partial charge in [-0.25, -0.2) is 0 Å². The lowest BCUT2D eigenvalue weighted by Gasteiger charge is -2.05. The van der Waals surface area contributed by atoms with Gasteiger partial charge in [-0.1, -0.05) is 46.3 Å². The molecule has 5 heteroatoms. The van der Waals surface area contributed by atoms with Gasteiger partial charge in [0.25, 0.3) is 0 Å². The maximum absolute atomic E-state index is 12.0. The predicted octanol–water partition coefficient (Wildman–Crippen LogP) is 4.35. The lowest BCUT2D eigenvalue weighted by atomic mass is 10.2. The van der Waals surface area contributed by atoms with E-state index in [1.54, 1.807) is 12.3 Å². The van der Waals surface area contributed by atoms with Crippen molar-refractivity contribution in [3.63, 3.8) is 0 Å². The average molecular weight is 382 g/mol. The van der Waals surface area contributed by atoms with E-state index in [0.29, 0.717) is 6.54 Å². The Labute approximate surface area is 149 Å². The molecule has 1 heterocycles. The Bertz CT molecular complexity index is 839. The van der Waals surface area contributed by atoms with E-state index in [0.717, 1.165) is 21.3 Å². The molecule has 3 rings (SSSR count). The van der Waals surface area contributed by atoms with Gasteiger partial charge < -0.3 is 5.32 Å². The van der Waals surface area contributed by atoms with Gasteiger partial charge in [-0.2, -0.15) is 5.10 Å². The number of anilines is 1. The number of carbonyl (C=O) groups excluding carboxylic acids is 1. The highest BCUT2D eigenvalue weighted by atomic mass is 79.9. The lowest BCUT2D eigenvalue weighted by molar-refractivity contribution is -0.111. The molecule has 0 saturated heterocycles. The first kappa shape index (κ1) is 16.2. The number of benzene rings is 2. The van der Waals surface area contributed by atoms with Gasteiger partial charge >= 0.3 is 0 Å². The van der Waals surface area contributed by atoms with Crippen LogP contribution >= 0.6 is 15.9 Å². The monoisotopic (exact) mass is 381 g/mol. The van der Waals surface area contributed by atoms with Crippen molar-refractivity contribution in [3.05, 3.63) is 88.7 Å². The third-order valence-electron chi connectivity index (χ3n) is 3.44. The summed E-state index contributed by atoms with van der Waals surface area (Å²) >= 11 is 3.46.